The lowest BCUT2D eigenvalue weighted by Crippen LogP contribution is -2.52. The number of aromatic nitrogens is 1. The van der Waals surface area contributed by atoms with E-state index in [9.17, 15) is 13.2 Å². The van der Waals surface area contributed by atoms with Gasteiger partial charge in [-0.05, 0) is 48.9 Å². The number of nitrogens with one attached hydrogen (secondary N) is 1. The van der Waals surface area contributed by atoms with Crippen LogP contribution in [0.1, 0.15) is 9.27 Å². The third kappa shape index (κ3) is 5.12. The van der Waals surface area contributed by atoms with Crippen LogP contribution in [0, 0.1) is 0 Å². The predicted octanol–water partition coefficient (Wildman–Crippen LogP) is 4.67. The van der Waals surface area contributed by atoms with Crippen LogP contribution >= 0.6 is 34.5 Å². The van der Waals surface area contributed by atoms with Gasteiger partial charge in [0.1, 0.15) is 0 Å². The molecule has 35 heavy (non-hydrogen) atoms. The average Bonchev–Trinajstić information content (AvgIpc) is 3.50. The van der Waals surface area contributed by atoms with Gasteiger partial charge in [-0.25, -0.2) is 13.4 Å². The first-order valence-corrected chi connectivity index (χ1v) is 14.2. The Morgan fingerprint density at radius 2 is 1.69 bits per heavy atom. The highest BCUT2D eigenvalue weighted by Gasteiger charge is 2.38. The number of hydrogen-bond acceptors (Lipinski definition) is 7. The Hall–Kier alpha value is -2.37. The van der Waals surface area contributed by atoms with Gasteiger partial charge in [-0.1, -0.05) is 23.2 Å². The van der Waals surface area contributed by atoms with Crippen molar-refractivity contribution in [2.45, 2.75) is 17.4 Å². The first-order valence-electron chi connectivity index (χ1n) is 11.1. The maximum Gasteiger partial charge on any atom is 0.263 e. The van der Waals surface area contributed by atoms with Gasteiger partial charge in [0.05, 0.1) is 21.0 Å². The average molecular weight is 557 g/mol. The summed E-state index contributed by atoms with van der Waals surface area (Å²) in [4.78, 5) is 23.5. The van der Waals surface area contributed by atoms with Crippen molar-refractivity contribution in [2.75, 3.05) is 47.2 Å². The maximum atomic E-state index is 13.2. The molecule has 2 fully saturated rings. The number of sulfonamides is 1. The summed E-state index contributed by atoms with van der Waals surface area (Å²) in [7, 11) is -3.73. The summed E-state index contributed by atoms with van der Waals surface area (Å²) in [5.41, 5.74) is 1.72. The molecule has 0 spiro atoms. The molecule has 1 amide bonds. The lowest BCUT2D eigenvalue weighted by molar-refractivity contribution is -0.121. The van der Waals surface area contributed by atoms with E-state index in [4.69, 9.17) is 23.2 Å². The molecule has 0 saturated carbocycles. The van der Waals surface area contributed by atoms with Gasteiger partial charge in [0.2, 0.25) is 5.91 Å². The minimum absolute atomic E-state index is 0. The molecule has 2 aromatic carbocycles. The molecule has 188 valence electrons. The van der Waals surface area contributed by atoms with Crippen LogP contribution in [-0.2, 0) is 14.8 Å². The van der Waals surface area contributed by atoms with Crippen molar-refractivity contribution >= 4 is 67.0 Å². The number of rotatable bonds is 6. The highest BCUT2D eigenvalue weighted by atomic mass is 35.5. The molecule has 5 rings (SSSR count). The summed E-state index contributed by atoms with van der Waals surface area (Å²) in [5.74, 6) is 0.0458. The Bertz CT molecular complexity index is 1320. The second-order valence-electron chi connectivity index (χ2n) is 8.35. The number of nitrogens with zero attached hydrogens (tertiary/aromatic N) is 4. The fraction of sp³-hybridized carbons (Fsp3) is 0.304. The quantitative estimate of drug-likeness (QED) is 0.475. The van der Waals surface area contributed by atoms with Gasteiger partial charge in [0, 0.05) is 58.5 Å². The standard InChI is InChI=1S/C23H23Cl2N5O3S2.2H2/c24-19-6-3-17(15-20(19)25)28-10-12-29(13-11-28)21-7-9-30(22(21)31)16-1-4-18(5-2-16)35(32,33)27-23-26-8-14-34-23;;/h1-6,8,14-15,21H,7,9-13H2,(H,26,27);2*1H/t21-;;/m0../s1. The molecule has 2 saturated heterocycles. The second kappa shape index (κ2) is 9.94. The van der Waals surface area contributed by atoms with Gasteiger partial charge in [0.25, 0.3) is 10.0 Å². The van der Waals surface area contributed by atoms with Gasteiger partial charge in [0.15, 0.2) is 5.13 Å². The fourth-order valence-corrected chi connectivity index (χ4v) is 6.57. The summed E-state index contributed by atoms with van der Waals surface area (Å²) in [5, 5.41) is 3.08. The van der Waals surface area contributed by atoms with Crippen LogP contribution in [0.25, 0.3) is 0 Å². The zero-order chi connectivity index (χ0) is 24.6. The minimum Gasteiger partial charge on any atom is -0.369 e. The van der Waals surface area contributed by atoms with E-state index in [1.54, 1.807) is 28.5 Å². The van der Waals surface area contributed by atoms with Crippen molar-refractivity contribution in [1.29, 1.82) is 0 Å². The fourth-order valence-electron chi connectivity index (χ4n) is 4.49. The number of amides is 1. The van der Waals surface area contributed by atoms with E-state index in [-0.39, 0.29) is 19.7 Å². The number of piperazine rings is 1. The van der Waals surface area contributed by atoms with Crippen LogP contribution in [0.3, 0.4) is 0 Å². The number of benzene rings is 2. The molecule has 3 aromatic rings. The Kier molecular flexibility index (Phi) is 6.91. The molecule has 0 radical (unpaired) electrons. The van der Waals surface area contributed by atoms with E-state index in [2.05, 4.69) is 19.5 Å². The van der Waals surface area contributed by atoms with E-state index < -0.39 is 10.0 Å². The van der Waals surface area contributed by atoms with E-state index >= 15 is 0 Å². The summed E-state index contributed by atoms with van der Waals surface area (Å²) in [6.07, 6.45) is 2.27. The zero-order valence-corrected chi connectivity index (χ0v) is 21.7. The molecular formula is C23H27Cl2N5O3S2. The number of carbonyl (C=O) groups excluding carboxylic acids is 1. The SMILES string of the molecule is O=C1[C@@H](N2CCN(c3ccc(Cl)c(Cl)c3)CC2)CCN1c1ccc(S(=O)(=O)Nc2nccs2)cc1.[HH].[HH]. The topological polar surface area (TPSA) is 85.9 Å². The van der Waals surface area contributed by atoms with Crippen molar-refractivity contribution in [3.05, 3.63) is 64.1 Å². The number of hydrogen-bond donors (Lipinski definition) is 1. The Morgan fingerprint density at radius 1 is 0.971 bits per heavy atom. The summed E-state index contributed by atoms with van der Waals surface area (Å²) in [6.45, 7) is 3.72. The van der Waals surface area contributed by atoms with Gasteiger partial charge >= 0.3 is 0 Å². The van der Waals surface area contributed by atoms with Crippen molar-refractivity contribution < 1.29 is 16.1 Å². The van der Waals surface area contributed by atoms with E-state index in [0.29, 0.717) is 27.4 Å². The van der Waals surface area contributed by atoms with Gasteiger partial charge in [-0.3, -0.25) is 14.4 Å². The zero-order valence-electron chi connectivity index (χ0n) is 18.6. The Labute approximate surface area is 221 Å². The van der Waals surface area contributed by atoms with E-state index in [1.165, 1.54) is 29.7 Å². The Morgan fingerprint density at radius 3 is 2.34 bits per heavy atom. The molecular weight excluding hydrogens is 529 g/mol. The van der Waals surface area contributed by atoms with E-state index in [0.717, 1.165) is 38.3 Å². The van der Waals surface area contributed by atoms with Gasteiger partial charge in [-0.15, -0.1) is 11.3 Å². The highest BCUT2D eigenvalue weighted by molar-refractivity contribution is 7.93. The maximum absolute atomic E-state index is 13.2. The lowest BCUT2D eigenvalue weighted by Gasteiger charge is -2.38. The molecule has 8 nitrogen and oxygen atoms in total. The van der Waals surface area contributed by atoms with Crippen molar-refractivity contribution in [3.63, 3.8) is 0 Å². The van der Waals surface area contributed by atoms with Crippen molar-refractivity contribution in [1.82, 2.24) is 9.88 Å². The van der Waals surface area contributed by atoms with Crippen LogP contribution in [0.15, 0.2) is 58.9 Å². The third-order valence-corrected chi connectivity index (χ3v) is 9.22. The predicted molar refractivity (Wildman–Crippen MR) is 145 cm³/mol. The molecule has 2 aliphatic rings. The van der Waals surface area contributed by atoms with Gasteiger partial charge in [-0.2, -0.15) is 0 Å². The van der Waals surface area contributed by atoms with Crippen LogP contribution in [0.5, 0.6) is 0 Å². The van der Waals surface area contributed by atoms with Crippen molar-refractivity contribution in [2.24, 2.45) is 0 Å². The molecule has 0 unspecified atom stereocenters. The van der Waals surface area contributed by atoms with Crippen LogP contribution in [0.4, 0.5) is 16.5 Å². The third-order valence-electron chi connectivity index (χ3n) is 6.31. The number of anilines is 3. The van der Waals surface area contributed by atoms with Crippen molar-refractivity contribution in [3.8, 4) is 0 Å². The summed E-state index contributed by atoms with van der Waals surface area (Å²) < 4.78 is 27.6. The second-order valence-corrected chi connectivity index (χ2v) is 11.7. The Balaban J connectivity index is 0.00000190. The van der Waals surface area contributed by atoms with E-state index in [1.807, 2.05) is 12.1 Å². The highest BCUT2D eigenvalue weighted by Crippen LogP contribution is 2.30. The monoisotopic (exact) mass is 555 g/mol. The van der Waals surface area contributed by atoms with Gasteiger partial charge < -0.3 is 9.80 Å². The molecule has 0 bridgehead atoms. The molecule has 1 aromatic heterocycles. The molecule has 1 N–H and O–H groups in total. The number of thiazole rings is 1. The molecule has 12 heteroatoms. The molecule has 0 aliphatic carbocycles. The lowest BCUT2D eigenvalue weighted by atomic mass is 10.1. The molecule has 3 heterocycles. The normalized spacial score (nSPS) is 19.4. The number of halogens is 2. The largest absolute Gasteiger partial charge is 0.369 e. The summed E-state index contributed by atoms with van der Waals surface area (Å²) in [6, 6.07) is 11.8. The summed E-state index contributed by atoms with van der Waals surface area (Å²) >= 11 is 13.4. The minimum atomic E-state index is -3.73. The molecule has 1 atom stereocenters. The molecule has 2 aliphatic heterocycles. The smallest absolute Gasteiger partial charge is 0.263 e. The van der Waals surface area contributed by atoms with Crippen LogP contribution in [-0.4, -0.2) is 63.0 Å². The first kappa shape index (κ1) is 24.3. The van der Waals surface area contributed by atoms with Crippen LogP contribution < -0.4 is 14.5 Å². The number of carbonyl (C=O) groups is 1. The van der Waals surface area contributed by atoms with Crippen LogP contribution in [0.2, 0.25) is 10.0 Å². The first-order chi connectivity index (χ1) is 16.8.